The molecule has 2 rings (SSSR count). The fraction of sp³-hybridized carbons (Fsp3) is 0.667. The van der Waals surface area contributed by atoms with Gasteiger partial charge in [-0.15, -0.1) is 0 Å². The average Bonchev–Trinajstić information content (AvgIpc) is 2.85. The zero-order valence-corrected chi connectivity index (χ0v) is 15.2. The van der Waals surface area contributed by atoms with Crippen LogP contribution >= 0.6 is 0 Å². The lowest BCUT2D eigenvalue weighted by Gasteiger charge is -2.27. The van der Waals surface area contributed by atoms with Gasteiger partial charge in [-0.05, 0) is 17.5 Å². The molecule has 1 saturated heterocycles. The van der Waals surface area contributed by atoms with Crippen molar-refractivity contribution in [3.8, 4) is 0 Å². The monoisotopic (exact) mass is 381 g/mol. The lowest BCUT2D eigenvalue weighted by molar-refractivity contribution is -0.167. The van der Waals surface area contributed by atoms with Gasteiger partial charge in [-0.1, -0.05) is 25.9 Å². The zero-order valence-electron chi connectivity index (χ0n) is 15.2. The predicted octanol–water partition coefficient (Wildman–Crippen LogP) is -0.116. The summed E-state index contributed by atoms with van der Waals surface area (Å²) in [5.74, 6) is -1.55. The first-order chi connectivity index (χ1) is 12.6. The molecule has 0 amide bonds. The predicted molar refractivity (Wildman–Crippen MR) is 93.9 cm³/mol. The first-order valence-electron chi connectivity index (χ1n) is 8.32. The van der Waals surface area contributed by atoms with Crippen molar-refractivity contribution in [1.29, 1.82) is 0 Å². The second kappa shape index (κ2) is 7.92. The van der Waals surface area contributed by atoms with Crippen LogP contribution in [0.1, 0.15) is 27.0 Å². The molecular weight excluding hydrogens is 358 g/mol. The molecule has 0 aliphatic carbocycles. The maximum absolute atomic E-state index is 12.1. The first-order valence-corrected chi connectivity index (χ1v) is 8.32. The molecule has 1 aromatic heterocycles. The number of carbonyl (C=O) groups is 1. The summed E-state index contributed by atoms with van der Waals surface area (Å²) in [4.78, 5) is 30.4. The minimum absolute atomic E-state index is 0.0281. The number of aliphatic hydroxyl groups excluding tert-OH is 1. The standard InChI is InChI=1S/C15H23N7O5/c1-7(2)10(17)13(24)26-6-15(20-21-18)11(23)8(3)12(27-15)22-5-4-9(16)19-14(22)25/h4-5,7-8,10-12,23H,6,17H2,1-3H3,(H2,16,19,25)/t8-,10+,11+,12-,15-/m1/s1. The highest BCUT2D eigenvalue weighted by molar-refractivity contribution is 5.75. The summed E-state index contributed by atoms with van der Waals surface area (Å²) in [5, 5.41) is 14.1. The van der Waals surface area contributed by atoms with Gasteiger partial charge in [0.1, 0.15) is 24.7 Å². The molecule has 148 valence electrons. The molecule has 27 heavy (non-hydrogen) atoms. The molecule has 0 bridgehead atoms. The summed E-state index contributed by atoms with van der Waals surface area (Å²) in [5.41, 5.74) is 17.5. The van der Waals surface area contributed by atoms with Crippen LogP contribution in [0.4, 0.5) is 5.82 Å². The second-order valence-corrected chi connectivity index (χ2v) is 6.77. The summed E-state index contributed by atoms with van der Waals surface area (Å²) < 4.78 is 11.9. The molecule has 0 radical (unpaired) electrons. The van der Waals surface area contributed by atoms with E-state index < -0.39 is 48.3 Å². The summed E-state index contributed by atoms with van der Waals surface area (Å²) in [6, 6.07) is 0.503. The SMILES string of the molecule is CC(C)[C@H](N)C(=O)OC[C@@]1(N=[N+]=[N-])O[C@@H](n2ccc(N)nc2=O)[C@H](C)[C@@H]1O. The molecule has 5 N–H and O–H groups in total. The van der Waals surface area contributed by atoms with Crippen LogP contribution in [0.5, 0.6) is 0 Å². The van der Waals surface area contributed by atoms with Crippen LogP contribution in [0.3, 0.4) is 0 Å². The van der Waals surface area contributed by atoms with Crippen LogP contribution in [0.15, 0.2) is 22.2 Å². The van der Waals surface area contributed by atoms with Crippen molar-refractivity contribution < 1.29 is 19.4 Å². The van der Waals surface area contributed by atoms with Gasteiger partial charge in [0.2, 0.25) is 5.72 Å². The molecule has 0 spiro atoms. The smallest absolute Gasteiger partial charge is 0.351 e. The number of carbonyl (C=O) groups excluding carboxylic acids is 1. The van der Waals surface area contributed by atoms with E-state index in [0.29, 0.717) is 0 Å². The number of rotatable bonds is 6. The molecule has 0 saturated carbocycles. The molecule has 2 heterocycles. The average molecular weight is 381 g/mol. The van der Waals surface area contributed by atoms with Crippen molar-refractivity contribution in [1.82, 2.24) is 9.55 Å². The lowest BCUT2D eigenvalue weighted by Crippen LogP contribution is -2.46. The van der Waals surface area contributed by atoms with Gasteiger partial charge in [-0.3, -0.25) is 9.36 Å². The number of hydrogen-bond acceptors (Lipinski definition) is 9. The summed E-state index contributed by atoms with van der Waals surface area (Å²) in [6.07, 6.45) is -1.01. The normalized spacial score (nSPS) is 28.6. The van der Waals surface area contributed by atoms with Gasteiger partial charge >= 0.3 is 11.7 Å². The Hall–Kier alpha value is -2.66. The minimum atomic E-state index is -1.91. The van der Waals surface area contributed by atoms with Gasteiger partial charge in [-0.25, -0.2) is 4.79 Å². The first kappa shape index (κ1) is 20.6. The Bertz CT molecular complexity index is 806. The molecule has 1 aromatic rings. The van der Waals surface area contributed by atoms with Crippen molar-refractivity contribution >= 4 is 11.8 Å². The van der Waals surface area contributed by atoms with E-state index in [0.717, 1.165) is 4.57 Å². The Kier molecular flexibility index (Phi) is 6.06. The van der Waals surface area contributed by atoms with Gasteiger partial charge in [0.15, 0.2) is 0 Å². The number of anilines is 1. The molecule has 0 aromatic carbocycles. The Balaban J connectivity index is 2.30. The third-order valence-corrected chi connectivity index (χ3v) is 4.49. The van der Waals surface area contributed by atoms with Crippen LogP contribution in [-0.2, 0) is 14.3 Å². The van der Waals surface area contributed by atoms with E-state index >= 15 is 0 Å². The van der Waals surface area contributed by atoms with E-state index in [2.05, 4.69) is 15.0 Å². The van der Waals surface area contributed by atoms with E-state index in [1.54, 1.807) is 20.8 Å². The number of aliphatic hydroxyl groups is 1. The second-order valence-electron chi connectivity index (χ2n) is 6.77. The molecule has 1 fully saturated rings. The molecule has 1 aliphatic rings. The maximum Gasteiger partial charge on any atom is 0.351 e. The van der Waals surface area contributed by atoms with Crippen molar-refractivity contribution in [3.05, 3.63) is 33.2 Å². The summed E-state index contributed by atoms with van der Waals surface area (Å²) in [7, 11) is 0. The van der Waals surface area contributed by atoms with Gasteiger partial charge in [0.05, 0.1) is 6.10 Å². The molecule has 5 atom stereocenters. The van der Waals surface area contributed by atoms with Crippen LogP contribution < -0.4 is 17.2 Å². The van der Waals surface area contributed by atoms with Gasteiger partial charge in [0, 0.05) is 17.0 Å². The number of esters is 1. The number of nitrogen functional groups attached to an aromatic ring is 1. The van der Waals surface area contributed by atoms with Crippen molar-refractivity contribution in [3.63, 3.8) is 0 Å². The fourth-order valence-electron chi connectivity index (χ4n) is 2.73. The Morgan fingerprint density at radius 3 is 2.85 bits per heavy atom. The van der Waals surface area contributed by atoms with E-state index in [4.69, 9.17) is 26.5 Å². The Labute approximate surface area is 154 Å². The Morgan fingerprint density at radius 1 is 1.63 bits per heavy atom. The van der Waals surface area contributed by atoms with Crippen LogP contribution in [-0.4, -0.2) is 45.1 Å². The van der Waals surface area contributed by atoms with Gasteiger partial charge < -0.3 is 26.0 Å². The van der Waals surface area contributed by atoms with Crippen LogP contribution in [0, 0.1) is 11.8 Å². The molecule has 0 unspecified atom stereocenters. The van der Waals surface area contributed by atoms with Crippen LogP contribution in [0.2, 0.25) is 0 Å². The third-order valence-electron chi connectivity index (χ3n) is 4.49. The molecule has 1 aliphatic heterocycles. The minimum Gasteiger partial charge on any atom is -0.461 e. The molecular formula is C15H23N7O5. The van der Waals surface area contributed by atoms with Crippen LogP contribution in [0.25, 0.3) is 10.4 Å². The van der Waals surface area contributed by atoms with E-state index in [1.165, 1.54) is 12.3 Å². The topological polar surface area (TPSA) is 191 Å². The van der Waals surface area contributed by atoms with Gasteiger partial charge in [0.25, 0.3) is 0 Å². The largest absolute Gasteiger partial charge is 0.461 e. The lowest BCUT2D eigenvalue weighted by atomic mass is 9.98. The van der Waals surface area contributed by atoms with E-state index in [9.17, 15) is 14.7 Å². The van der Waals surface area contributed by atoms with Crippen molar-refractivity contribution in [2.45, 2.75) is 44.9 Å². The number of nitrogens with zero attached hydrogens (tertiary/aromatic N) is 5. The summed E-state index contributed by atoms with van der Waals surface area (Å²) in [6.45, 7) is 4.52. The van der Waals surface area contributed by atoms with Crippen molar-refractivity contribution in [2.75, 3.05) is 12.3 Å². The summed E-state index contributed by atoms with van der Waals surface area (Å²) >= 11 is 0. The Morgan fingerprint density at radius 2 is 2.30 bits per heavy atom. The van der Waals surface area contributed by atoms with E-state index in [1.807, 2.05) is 0 Å². The highest BCUT2D eigenvalue weighted by Gasteiger charge is 2.54. The maximum atomic E-state index is 12.1. The molecule has 12 heteroatoms. The highest BCUT2D eigenvalue weighted by Crippen LogP contribution is 2.42. The van der Waals surface area contributed by atoms with E-state index in [-0.39, 0.29) is 11.7 Å². The fourth-order valence-corrected chi connectivity index (χ4v) is 2.73. The highest BCUT2D eigenvalue weighted by atomic mass is 16.6. The van der Waals surface area contributed by atoms with Crippen molar-refractivity contribution in [2.24, 2.45) is 22.7 Å². The number of aromatic nitrogens is 2. The number of azide groups is 1. The number of ether oxygens (including phenoxy) is 2. The third kappa shape index (κ3) is 4.03. The quantitative estimate of drug-likeness (QED) is 0.263. The van der Waals surface area contributed by atoms with Gasteiger partial charge in [-0.2, -0.15) is 4.98 Å². The number of nitrogens with two attached hydrogens (primary N) is 2. The zero-order chi connectivity index (χ0) is 20.4. The number of hydrogen-bond donors (Lipinski definition) is 3. The molecule has 12 nitrogen and oxygen atoms in total.